The van der Waals surface area contributed by atoms with Gasteiger partial charge in [-0.2, -0.15) is 4.80 Å². The lowest BCUT2D eigenvalue weighted by Crippen LogP contribution is -2.37. The number of amides is 2. The molecule has 2 rings (SSSR count). The summed E-state index contributed by atoms with van der Waals surface area (Å²) >= 11 is 12.1. The van der Waals surface area contributed by atoms with Crippen molar-refractivity contribution in [2.45, 2.75) is 45.8 Å². The molecule has 0 radical (unpaired) electrons. The molecule has 1 heterocycles. The Labute approximate surface area is 150 Å². The minimum Gasteiger partial charge on any atom is -0.332 e. The van der Waals surface area contributed by atoms with E-state index in [1.54, 1.807) is 18.2 Å². The Hall–Kier alpha value is -1.86. The maximum atomic E-state index is 12.0. The third-order valence-corrected chi connectivity index (χ3v) is 3.81. The number of urea groups is 1. The molecular weight excluding hydrogens is 351 g/mol. The number of nitrogens with one attached hydrogen (secondary N) is 2. The number of carbonyl (C=O) groups is 1. The van der Waals surface area contributed by atoms with Gasteiger partial charge in [0, 0.05) is 10.0 Å². The quantitative estimate of drug-likeness (QED) is 0.864. The van der Waals surface area contributed by atoms with Crippen LogP contribution in [0, 0.1) is 0 Å². The van der Waals surface area contributed by atoms with Crippen molar-refractivity contribution >= 4 is 29.2 Å². The smallest absolute Gasteiger partial charge is 0.315 e. The Balaban J connectivity index is 1.91. The first kappa shape index (κ1) is 18.5. The molecule has 130 valence electrons. The zero-order valence-corrected chi connectivity index (χ0v) is 15.5. The monoisotopic (exact) mass is 370 g/mol. The summed E-state index contributed by atoms with van der Waals surface area (Å²) in [5, 5.41) is 18.7. The number of benzene rings is 1. The van der Waals surface area contributed by atoms with E-state index in [-0.39, 0.29) is 24.2 Å². The first-order chi connectivity index (χ1) is 11.2. The lowest BCUT2D eigenvalue weighted by atomic mass is 10.1. The summed E-state index contributed by atoms with van der Waals surface area (Å²) in [4.78, 5) is 13.5. The van der Waals surface area contributed by atoms with Gasteiger partial charge >= 0.3 is 6.03 Å². The molecule has 0 saturated carbocycles. The van der Waals surface area contributed by atoms with Crippen molar-refractivity contribution in [3.63, 3.8) is 0 Å². The van der Waals surface area contributed by atoms with Crippen LogP contribution in [0.15, 0.2) is 18.2 Å². The second-order valence-electron chi connectivity index (χ2n) is 6.38. The van der Waals surface area contributed by atoms with Crippen LogP contribution in [0.1, 0.15) is 45.1 Å². The molecule has 2 amide bonds. The molecule has 2 aromatic rings. The molecule has 1 unspecified atom stereocenters. The highest BCUT2D eigenvalue weighted by molar-refractivity contribution is 6.33. The Kier molecular flexibility index (Phi) is 5.66. The highest BCUT2D eigenvalue weighted by atomic mass is 35.5. The van der Waals surface area contributed by atoms with Crippen molar-refractivity contribution in [3.8, 4) is 0 Å². The van der Waals surface area contributed by atoms with Crippen molar-refractivity contribution < 1.29 is 4.79 Å². The molecule has 0 fully saturated rings. The molecule has 1 atom stereocenters. The van der Waals surface area contributed by atoms with Crippen molar-refractivity contribution in [2.24, 2.45) is 0 Å². The van der Waals surface area contributed by atoms with E-state index in [0.29, 0.717) is 15.9 Å². The third kappa shape index (κ3) is 4.82. The standard InChI is InChI=1S/C15H20Cl2N6O/c1-9(11-7-10(16)5-6-12(11)17)19-14(24)18-8-13-20-22-23(21-13)15(2,3)4/h5-7,9H,8H2,1-4H3,(H2,18,19,24). The predicted octanol–water partition coefficient (Wildman–Crippen LogP) is 3.30. The molecule has 9 heteroatoms. The summed E-state index contributed by atoms with van der Waals surface area (Å²) in [5.41, 5.74) is 0.488. The van der Waals surface area contributed by atoms with E-state index >= 15 is 0 Å². The number of hydrogen-bond donors (Lipinski definition) is 2. The topological polar surface area (TPSA) is 84.7 Å². The van der Waals surface area contributed by atoms with Gasteiger partial charge in [0.15, 0.2) is 5.82 Å². The van der Waals surface area contributed by atoms with Gasteiger partial charge in [0.25, 0.3) is 0 Å². The van der Waals surface area contributed by atoms with Gasteiger partial charge in [-0.1, -0.05) is 23.2 Å². The van der Waals surface area contributed by atoms with E-state index in [4.69, 9.17) is 23.2 Å². The van der Waals surface area contributed by atoms with E-state index < -0.39 is 0 Å². The molecule has 7 nitrogen and oxygen atoms in total. The Morgan fingerprint density at radius 1 is 1.33 bits per heavy atom. The SMILES string of the molecule is CC(NC(=O)NCc1nnn(C(C)(C)C)n1)c1cc(Cl)ccc1Cl. The lowest BCUT2D eigenvalue weighted by Gasteiger charge is -2.16. The first-order valence-corrected chi connectivity index (χ1v) is 8.21. The molecule has 2 N–H and O–H groups in total. The summed E-state index contributed by atoms with van der Waals surface area (Å²) in [6.45, 7) is 7.90. The van der Waals surface area contributed by atoms with Gasteiger partial charge < -0.3 is 10.6 Å². The predicted molar refractivity (Wildman–Crippen MR) is 93.1 cm³/mol. The summed E-state index contributed by atoms with van der Waals surface area (Å²) < 4.78 is 0. The number of rotatable bonds is 4. The molecule has 0 bridgehead atoms. The number of tetrazole rings is 1. The van der Waals surface area contributed by atoms with Gasteiger partial charge in [0.1, 0.15) is 0 Å². The number of halogens is 2. The van der Waals surface area contributed by atoms with Crippen LogP contribution >= 0.6 is 23.2 Å². The normalized spacial score (nSPS) is 12.8. The average molecular weight is 371 g/mol. The Bertz CT molecular complexity index is 725. The number of nitrogens with zero attached hydrogens (tertiary/aromatic N) is 4. The fourth-order valence-corrected chi connectivity index (χ4v) is 2.39. The van der Waals surface area contributed by atoms with Crippen LogP contribution in [0.2, 0.25) is 10.0 Å². The van der Waals surface area contributed by atoms with Gasteiger partial charge in [-0.25, -0.2) is 4.79 Å². The number of hydrogen-bond acceptors (Lipinski definition) is 4. The molecule has 1 aromatic heterocycles. The van der Waals surface area contributed by atoms with Crippen LogP contribution in [-0.4, -0.2) is 26.2 Å². The Morgan fingerprint density at radius 3 is 2.67 bits per heavy atom. The molecule has 0 saturated heterocycles. The molecule has 0 aliphatic carbocycles. The second-order valence-corrected chi connectivity index (χ2v) is 7.22. The minimum atomic E-state index is -0.356. The number of carbonyl (C=O) groups excluding carboxylic acids is 1. The first-order valence-electron chi connectivity index (χ1n) is 7.45. The molecule has 1 aromatic carbocycles. The van der Waals surface area contributed by atoms with Crippen molar-refractivity contribution in [2.75, 3.05) is 0 Å². The zero-order chi connectivity index (χ0) is 17.9. The van der Waals surface area contributed by atoms with Crippen LogP contribution < -0.4 is 10.6 Å². The van der Waals surface area contributed by atoms with E-state index in [1.165, 1.54) is 4.80 Å². The average Bonchev–Trinajstić information content (AvgIpc) is 2.96. The van der Waals surface area contributed by atoms with Gasteiger partial charge in [0.2, 0.25) is 0 Å². The zero-order valence-electron chi connectivity index (χ0n) is 14.0. The van der Waals surface area contributed by atoms with E-state index in [0.717, 1.165) is 5.56 Å². The van der Waals surface area contributed by atoms with Crippen LogP contribution in [0.5, 0.6) is 0 Å². The van der Waals surface area contributed by atoms with E-state index in [9.17, 15) is 4.79 Å². The van der Waals surface area contributed by atoms with E-state index in [1.807, 2.05) is 27.7 Å². The lowest BCUT2D eigenvalue weighted by molar-refractivity contribution is 0.237. The van der Waals surface area contributed by atoms with Crippen molar-refractivity contribution in [3.05, 3.63) is 39.6 Å². The second kappa shape index (κ2) is 7.36. The molecule has 0 aliphatic heterocycles. The fraction of sp³-hybridized carbons (Fsp3) is 0.467. The molecule has 24 heavy (non-hydrogen) atoms. The van der Waals surface area contributed by atoms with Gasteiger partial charge in [-0.15, -0.1) is 10.2 Å². The summed E-state index contributed by atoms with van der Waals surface area (Å²) in [6, 6.07) is 4.47. The maximum Gasteiger partial charge on any atom is 0.315 e. The largest absolute Gasteiger partial charge is 0.332 e. The Morgan fingerprint density at radius 2 is 2.04 bits per heavy atom. The van der Waals surface area contributed by atoms with Crippen LogP contribution in [0.25, 0.3) is 0 Å². The van der Waals surface area contributed by atoms with Crippen LogP contribution in [0.3, 0.4) is 0 Å². The van der Waals surface area contributed by atoms with Crippen LogP contribution in [-0.2, 0) is 12.1 Å². The minimum absolute atomic E-state index is 0.178. The molecule has 0 aliphatic rings. The van der Waals surface area contributed by atoms with Gasteiger partial charge in [0.05, 0.1) is 18.1 Å². The highest BCUT2D eigenvalue weighted by Gasteiger charge is 2.18. The summed E-state index contributed by atoms with van der Waals surface area (Å²) in [7, 11) is 0. The summed E-state index contributed by atoms with van der Waals surface area (Å²) in [6.07, 6.45) is 0. The molecule has 0 spiro atoms. The van der Waals surface area contributed by atoms with Gasteiger partial charge in [-0.05, 0) is 56.7 Å². The maximum absolute atomic E-state index is 12.0. The van der Waals surface area contributed by atoms with Gasteiger partial charge in [-0.3, -0.25) is 0 Å². The molecular formula is C15H20Cl2N6O. The number of aromatic nitrogens is 4. The fourth-order valence-electron chi connectivity index (χ4n) is 1.93. The van der Waals surface area contributed by atoms with Crippen molar-refractivity contribution in [1.29, 1.82) is 0 Å². The summed E-state index contributed by atoms with van der Waals surface area (Å²) in [5.74, 6) is 0.438. The highest BCUT2D eigenvalue weighted by Crippen LogP contribution is 2.26. The van der Waals surface area contributed by atoms with Crippen LogP contribution in [0.4, 0.5) is 4.79 Å². The van der Waals surface area contributed by atoms with E-state index in [2.05, 4.69) is 26.0 Å². The van der Waals surface area contributed by atoms with Crippen molar-refractivity contribution in [1.82, 2.24) is 30.8 Å². The third-order valence-electron chi connectivity index (χ3n) is 3.23.